The number of rotatable bonds is 7. The van der Waals surface area contributed by atoms with Gasteiger partial charge in [0.2, 0.25) is 0 Å². The fourth-order valence-corrected chi connectivity index (χ4v) is 4.94. The Morgan fingerprint density at radius 1 is 0.929 bits per heavy atom. The Morgan fingerprint density at radius 3 is 2.11 bits per heavy atom. The van der Waals surface area contributed by atoms with Crippen LogP contribution in [0.3, 0.4) is 0 Å². The van der Waals surface area contributed by atoms with E-state index in [1.54, 1.807) is 86.0 Å². The van der Waals surface area contributed by atoms with Crippen LogP contribution in [0.25, 0.3) is 0 Å². The van der Waals surface area contributed by atoms with Crippen molar-refractivity contribution in [1.29, 1.82) is 0 Å². The second-order valence-corrected chi connectivity index (χ2v) is 9.30. The number of sulfone groups is 1. The van der Waals surface area contributed by atoms with Gasteiger partial charge < -0.3 is 4.74 Å². The Balaban J connectivity index is 2.01. The lowest BCUT2D eigenvalue weighted by Gasteiger charge is -2.18. The van der Waals surface area contributed by atoms with E-state index in [1.807, 2.05) is 0 Å². The van der Waals surface area contributed by atoms with Crippen molar-refractivity contribution in [2.24, 2.45) is 0 Å². The molecule has 3 aromatic rings. The largest absolute Gasteiger partial charge is 0.497 e. The first-order valence-corrected chi connectivity index (χ1v) is 11.0. The maximum Gasteiger partial charge on any atom is 0.185 e. The van der Waals surface area contributed by atoms with Crippen molar-refractivity contribution in [3.63, 3.8) is 0 Å². The lowest BCUT2D eigenvalue weighted by Crippen LogP contribution is -2.18. The molecule has 6 heteroatoms. The van der Waals surface area contributed by atoms with Crippen LogP contribution >= 0.6 is 15.9 Å². The molecule has 0 aliphatic carbocycles. The number of hydrogen-bond donors (Lipinski definition) is 0. The zero-order chi connectivity index (χ0) is 20.1. The van der Waals surface area contributed by atoms with E-state index in [0.29, 0.717) is 16.9 Å². The molecule has 1 atom stereocenters. The van der Waals surface area contributed by atoms with E-state index < -0.39 is 15.1 Å². The first kappa shape index (κ1) is 20.3. The quantitative estimate of drug-likeness (QED) is 0.453. The summed E-state index contributed by atoms with van der Waals surface area (Å²) in [5, 5.41) is -0.989. The minimum absolute atomic E-state index is 0.148. The smallest absolute Gasteiger partial charge is 0.185 e. The molecule has 0 fully saturated rings. The summed E-state index contributed by atoms with van der Waals surface area (Å²) in [5.41, 5.74) is 1.03. The zero-order valence-corrected chi connectivity index (χ0v) is 17.6. The van der Waals surface area contributed by atoms with Crippen molar-refractivity contribution >= 4 is 31.6 Å². The number of hydrogen-bond acceptors (Lipinski definition) is 4. The molecule has 0 aliphatic heterocycles. The van der Waals surface area contributed by atoms with Crippen LogP contribution in [-0.2, 0) is 9.84 Å². The molecule has 0 aliphatic rings. The number of benzene rings is 3. The van der Waals surface area contributed by atoms with Crippen LogP contribution in [0.1, 0.15) is 27.6 Å². The third-order valence-corrected chi connectivity index (χ3v) is 7.12. The molecule has 1 unspecified atom stereocenters. The minimum Gasteiger partial charge on any atom is -0.497 e. The molecule has 0 aromatic heterocycles. The van der Waals surface area contributed by atoms with Crippen molar-refractivity contribution in [2.45, 2.75) is 16.6 Å². The molecule has 0 bridgehead atoms. The van der Waals surface area contributed by atoms with Gasteiger partial charge in [-0.2, -0.15) is 0 Å². The molecule has 0 amide bonds. The average Bonchev–Trinajstić information content (AvgIpc) is 2.73. The highest BCUT2D eigenvalue weighted by atomic mass is 79.9. The number of halogens is 1. The number of carbonyl (C=O) groups is 1. The van der Waals surface area contributed by atoms with Crippen LogP contribution in [0.4, 0.5) is 0 Å². The molecular weight excluding hydrogens is 440 g/mol. The predicted molar refractivity (Wildman–Crippen MR) is 112 cm³/mol. The molecule has 3 rings (SSSR count). The van der Waals surface area contributed by atoms with Gasteiger partial charge >= 0.3 is 0 Å². The van der Waals surface area contributed by atoms with Crippen molar-refractivity contribution in [2.75, 3.05) is 7.11 Å². The summed E-state index contributed by atoms with van der Waals surface area (Å²) in [6.07, 6.45) is -0.148. The Morgan fingerprint density at radius 2 is 1.54 bits per heavy atom. The SMILES string of the molecule is COc1ccc(C(CC(=O)c2ccc(Br)cc2)S(=O)(=O)c2ccccc2)cc1. The van der Waals surface area contributed by atoms with Gasteiger partial charge in [-0.25, -0.2) is 8.42 Å². The lowest BCUT2D eigenvalue weighted by molar-refractivity contribution is 0.0980. The van der Waals surface area contributed by atoms with Crippen LogP contribution < -0.4 is 4.74 Å². The highest BCUT2D eigenvalue weighted by Gasteiger charge is 2.31. The summed E-state index contributed by atoms with van der Waals surface area (Å²) in [6, 6.07) is 21.9. The van der Waals surface area contributed by atoms with Crippen molar-refractivity contribution < 1.29 is 17.9 Å². The Kier molecular flexibility index (Phi) is 6.31. The van der Waals surface area contributed by atoms with Gasteiger partial charge in [-0.1, -0.05) is 58.4 Å². The second-order valence-electron chi connectivity index (χ2n) is 6.25. The van der Waals surface area contributed by atoms with Crippen molar-refractivity contribution in [3.05, 3.63) is 94.5 Å². The van der Waals surface area contributed by atoms with Crippen LogP contribution in [-0.4, -0.2) is 21.3 Å². The minimum atomic E-state index is -3.76. The van der Waals surface area contributed by atoms with Gasteiger partial charge in [0.25, 0.3) is 0 Å². The number of carbonyl (C=O) groups excluding carboxylic acids is 1. The van der Waals surface area contributed by atoms with Gasteiger partial charge in [-0.15, -0.1) is 0 Å². The highest BCUT2D eigenvalue weighted by Crippen LogP contribution is 2.34. The number of methoxy groups -OCH3 is 1. The molecular formula is C22H19BrO4S. The number of ketones is 1. The van der Waals surface area contributed by atoms with Crippen LogP contribution in [0, 0.1) is 0 Å². The van der Waals surface area contributed by atoms with Gasteiger partial charge in [-0.05, 0) is 42.0 Å². The molecule has 144 valence electrons. The summed E-state index contributed by atoms with van der Waals surface area (Å²) in [5.74, 6) is 0.395. The summed E-state index contributed by atoms with van der Waals surface area (Å²) >= 11 is 3.34. The van der Waals surface area contributed by atoms with Gasteiger partial charge in [0.05, 0.1) is 17.3 Å². The lowest BCUT2D eigenvalue weighted by atomic mass is 10.0. The van der Waals surface area contributed by atoms with E-state index in [9.17, 15) is 13.2 Å². The third-order valence-electron chi connectivity index (χ3n) is 4.47. The summed E-state index contributed by atoms with van der Waals surface area (Å²) in [7, 11) is -2.21. The van der Waals surface area contributed by atoms with Crippen LogP contribution in [0.2, 0.25) is 0 Å². The van der Waals surface area contributed by atoms with Gasteiger partial charge in [0.1, 0.15) is 5.75 Å². The Bertz CT molecular complexity index is 1040. The summed E-state index contributed by atoms with van der Waals surface area (Å²) in [4.78, 5) is 13.0. The van der Waals surface area contributed by atoms with Crippen LogP contribution in [0.15, 0.2) is 88.2 Å². The predicted octanol–water partition coefficient (Wildman–Crippen LogP) is 5.25. The first-order chi connectivity index (χ1) is 13.4. The van der Waals surface area contributed by atoms with E-state index in [4.69, 9.17) is 4.74 Å². The molecule has 3 aromatic carbocycles. The van der Waals surface area contributed by atoms with E-state index in [1.165, 1.54) is 0 Å². The first-order valence-electron chi connectivity index (χ1n) is 8.63. The van der Waals surface area contributed by atoms with Gasteiger partial charge in [0.15, 0.2) is 15.6 Å². The second kappa shape index (κ2) is 8.71. The number of Topliss-reactive ketones (excluding diaryl/α,β-unsaturated/α-hetero) is 1. The summed E-state index contributed by atoms with van der Waals surface area (Å²) in [6.45, 7) is 0. The fourth-order valence-electron chi connectivity index (χ4n) is 2.92. The molecule has 0 N–H and O–H groups in total. The molecule has 4 nitrogen and oxygen atoms in total. The Hall–Kier alpha value is -2.44. The topological polar surface area (TPSA) is 60.4 Å². The van der Waals surface area contributed by atoms with Crippen LogP contribution in [0.5, 0.6) is 5.75 Å². The molecule has 0 spiro atoms. The maximum absolute atomic E-state index is 13.3. The third kappa shape index (κ3) is 4.51. The van der Waals surface area contributed by atoms with E-state index in [0.717, 1.165) is 4.47 Å². The van der Waals surface area contributed by atoms with E-state index >= 15 is 0 Å². The van der Waals surface area contributed by atoms with E-state index in [-0.39, 0.29) is 17.1 Å². The normalized spacial score (nSPS) is 12.4. The number of ether oxygens (including phenoxy) is 1. The molecule has 0 radical (unpaired) electrons. The zero-order valence-electron chi connectivity index (χ0n) is 15.2. The Labute approximate surface area is 173 Å². The molecule has 0 saturated heterocycles. The monoisotopic (exact) mass is 458 g/mol. The average molecular weight is 459 g/mol. The van der Waals surface area contributed by atoms with Gasteiger partial charge in [-0.3, -0.25) is 4.79 Å². The van der Waals surface area contributed by atoms with Gasteiger partial charge in [0, 0.05) is 16.5 Å². The van der Waals surface area contributed by atoms with E-state index in [2.05, 4.69) is 15.9 Å². The van der Waals surface area contributed by atoms with Crippen molar-refractivity contribution in [1.82, 2.24) is 0 Å². The maximum atomic E-state index is 13.3. The van der Waals surface area contributed by atoms with Crippen molar-refractivity contribution in [3.8, 4) is 5.75 Å². The molecule has 28 heavy (non-hydrogen) atoms. The molecule has 0 saturated carbocycles. The highest BCUT2D eigenvalue weighted by molar-refractivity contribution is 9.10. The fraction of sp³-hybridized carbons (Fsp3) is 0.136. The summed E-state index contributed by atoms with van der Waals surface area (Å²) < 4.78 is 32.6. The molecule has 0 heterocycles. The standard InChI is InChI=1S/C22H19BrO4S/c1-27-19-13-9-17(10-14-19)22(28(25,26)20-5-3-2-4-6-20)15-21(24)16-7-11-18(23)12-8-16/h2-14,22H,15H2,1H3.